The number of aromatic nitrogens is 4. The van der Waals surface area contributed by atoms with E-state index in [1.807, 2.05) is 47.3 Å². The van der Waals surface area contributed by atoms with Gasteiger partial charge in [-0.3, -0.25) is 4.98 Å². The molecule has 1 aliphatic rings. The molecule has 2 atom stereocenters. The molecule has 0 spiro atoms. The molecule has 0 amide bonds. The molecule has 7 heteroatoms. The lowest BCUT2D eigenvalue weighted by Crippen LogP contribution is -2.18. The first-order valence-electron chi connectivity index (χ1n) is 8.97. The zero-order valence-corrected chi connectivity index (χ0v) is 14.7. The second-order valence-electron chi connectivity index (χ2n) is 6.70. The van der Waals surface area contributed by atoms with Gasteiger partial charge in [0.25, 0.3) is 0 Å². The van der Waals surface area contributed by atoms with Crippen LogP contribution in [0.15, 0.2) is 55.2 Å². The molecule has 2 N–H and O–H groups in total. The number of hydrogen-bond donors (Lipinski definition) is 1. The fourth-order valence-corrected chi connectivity index (χ4v) is 3.58. The summed E-state index contributed by atoms with van der Waals surface area (Å²) < 4.78 is 14.2. The van der Waals surface area contributed by atoms with Gasteiger partial charge in [-0.2, -0.15) is 0 Å². The van der Waals surface area contributed by atoms with Gasteiger partial charge in [0.15, 0.2) is 0 Å². The van der Waals surface area contributed by atoms with Crippen LogP contribution in [-0.4, -0.2) is 32.2 Å². The van der Waals surface area contributed by atoms with Gasteiger partial charge in [-0.25, -0.2) is 9.97 Å². The van der Waals surface area contributed by atoms with Crippen LogP contribution in [0.4, 0.5) is 5.82 Å². The highest BCUT2D eigenvalue weighted by molar-refractivity contribution is 5.86. The SMILES string of the molecule is Nc1ncnc2c1ccn2[C@H]1CC[C@@H](COc2ccc3ccncc3c2)O1. The van der Waals surface area contributed by atoms with Gasteiger partial charge >= 0.3 is 0 Å². The maximum atomic E-state index is 6.19. The molecule has 1 saturated heterocycles. The number of nitrogens with zero attached hydrogens (tertiary/aromatic N) is 4. The summed E-state index contributed by atoms with van der Waals surface area (Å²) in [5.41, 5.74) is 6.72. The zero-order chi connectivity index (χ0) is 18.2. The largest absolute Gasteiger partial charge is 0.491 e. The molecule has 3 aromatic heterocycles. The van der Waals surface area contributed by atoms with Crippen molar-refractivity contribution in [1.82, 2.24) is 19.5 Å². The molecule has 7 nitrogen and oxygen atoms in total. The fourth-order valence-electron chi connectivity index (χ4n) is 3.58. The Kier molecular flexibility index (Phi) is 3.86. The van der Waals surface area contributed by atoms with Crippen molar-refractivity contribution in [3.8, 4) is 5.75 Å². The number of ether oxygens (including phenoxy) is 2. The molecule has 0 bridgehead atoms. The summed E-state index contributed by atoms with van der Waals surface area (Å²) in [6.07, 6.45) is 8.89. The van der Waals surface area contributed by atoms with E-state index >= 15 is 0 Å². The van der Waals surface area contributed by atoms with Gasteiger partial charge in [0.1, 0.15) is 36.4 Å². The van der Waals surface area contributed by atoms with Crippen LogP contribution < -0.4 is 10.5 Å². The number of hydrogen-bond acceptors (Lipinski definition) is 6. The average molecular weight is 361 g/mol. The van der Waals surface area contributed by atoms with Crippen LogP contribution >= 0.6 is 0 Å². The summed E-state index contributed by atoms with van der Waals surface area (Å²) in [4.78, 5) is 12.5. The minimum absolute atomic E-state index is 0.0382. The summed E-state index contributed by atoms with van der Waals surface area (Å²) in [5.74, 6) is 1.32. The van der Waals surface area contributed by atoms with E-state index in [-0.39, 0.29) is 12.3 Å². The van der Waals surface area contributed by atoms with Crippen LogP contribution in [0, 0.1) is 0 Å². The van der Waals surface area contributed by atoms with Gasteiger partial charge in [0.2, 0.25) is 0 Å². The first-order chi connectivity index (χ1) is 13.3. The third kappa shape index (κ3) is 2.96. The molecule has 4 aromatic rings. The summed E-state index contributed by atoms with van der Waals surface area (Å²) in [5, 5.41) is 3.07. The van der Waals surface area contributed by atoms with Crippen LogP contribution in [0.3, 0.4) is 0 Å². The van der Waals surface area contributed by atoms with E-state index in [2.05, 4.69) is 15.0 Å². The predicted molar refractivity (Wildman–Crippen MR) is 102 cm³/mol. The standard InChI is InChI=1S/C20H19N5O2/c21-19-17-6-8-25(20(17)24-12-23-19)18-4-3-16(27-18)11-26-15-2-1-13-5-7-22-10-14(13)9-15/h1-2,5-10,12,16,18H,3-4,11H2,(H2,21,23,24)/t16-,18+/m0/s1. The van der Waals surface area contributed by atoms with Crippen molar-refractivity contribution in [3.05, 3.63) is 55.2 Å². The Balaban J connectivity index is 1.27. The minimum Gasteiger partial charge on any atom is -0.491 e. The molecule has 27 heavy (non-hydrogen) atoms. The van der Waals surface area contributed by atoms with Gasteiger partial charge in [0, 0.05) is 24.0 Å². The Morgan fingerprint density at radius 3 is 3.07 bits per heavy atom. The first-order valence-corrected chi connectivity index (χ1v) is 8.97. The van der Waals surface area contributed by atoms with Gasteiger partial charge in [0.05, 0.1) is 11.5 Å². The maximum absolute atomic E-state index is 6.19. The lowest BCUT2D eigenvalue weighted by atomic mass is 10.2. The van der Waals surface area contributed by atoms with Crippen LogP contribution in [0.2, 0.25) is 0 Å². The molecular formula is C20H19N5O2. The molecule has 4 heterocycles. The number of benzene rings is 1. The van der Waals surface area contributed by atoms with Crippen LogP contribution in [-0.2, 0) is 4.74 Å². The van der Waals surface area contributed by atoms with Gasteiger partial charge in [-0.1, -0.05) is 6.07 Å². The number of nitrogen functional groups attached to an aromatic ring is 1. The molecule has 5 rings (SSSR count). The molecule has 1 fully saturated rings. The number of pyridine rings is 1. The van der Waals surface area contributed by atoms with E-state index in [9.17, 15) is 0 Å². The highest BCUT2D eigenvalue weighted by atomic mass is 16.6. The fraction of sp³-hybridized carbons (Fsp3) is 0.250. The van der Waals surface area contributed by atoms with Crippen molar-refractivity contribution in [2.75, 3.05) is 12.3 Å². The van der Waals surface area contributed by atoms with Crippen LogP contribution in [0.1, 0.15) is 19.1 Å². The minimum atomic E-state index is -0.0637. The number of anilines is 1. The van der Waals surface area contributed by atoms with Crippen molar-refractivity contribution in [2.24, 2.45) is 0 Å². The summed E-state index contributed by atoms with van der Waals surface area (Å²) in [6.45, 7) is 0.512. The lowest BCUT2D eigenvalue weighted by Gasteiger charge is -2.16. The normalized spacial score (nSPS) is 19.7. The second kappa shape index (κ2) is 6.51. The van der Waals surface area contributed by atoms with Crippen molar-refractivity contribution in [1.29, 1.82) is 0 Å². The summed E-state index contributed by atoms with van der Waals surface area (Å²) in [7, 11) is 0. The Bertz CT molecular complexity index is 1110. The third-order valence-electron chi connectivity index (χ3n) is 4.98. The summed E-state index contributed by atoms with van der Waals surface area (Å²) >= 11 is 0. The Labute approximate surface area is 155 Å². The van der Waals surface area contributed by atoms with Gasteiger partial charge < -0.3 is 19.8 Å². The van der Waals surface area contributed by atoms with Crippen LogP contribution in [0.5, 0.6) is 5.75 Å². The van der Waals surface area contributed by atoms with E-state index in [0.717, 1.165) is 40.4 Å². The van der Waals surface area contributed by atoms with Gasteiger partial charge in [-0.15, -0.1) is 0 Å². The molecule has 0 saturated carbocycles. The van der Waals surface area contributed by atoms with E-state index in [1.54, 1.807) is 6.20 Å². The smallest absolute Gasteiger partial charge is 0.147 e. The Morgan fingerprint density at radius 1 is 1.15 bits per heavy atom. The Morgan fingerprint density at radius 2 is 2.11 bits per heavy atom. The average Bonchev–Trinajstić information content (AvgIpc) is 3.33. The number of nitrogens with two attached hydrogens (primary N) is 1. The second-order valence-corrected chi connectivity index (χ2v) is 6.70. The Hall–Kier alpha value is -3.19. The highest BCUT2D eigenvalue weighted by Gasteiger charge is 2.28. The van der Waals surface area contributed by atoms with Crippen LogP contribution in [0.25, 0.3) is 21.8 Å². The van der Waals surface area contributed by atoms with Crippen molar-refractivity contribution >= 4 is 27.6 Å². The molecule has 0 radical (unpaired) electrons. The monoisotopic (exact) mass is 361 g/mol. The third-order valence-corrected chi connectivity index (χ3v) is 4.98. The number of fused-ring (bicyclic) bond motifs is 2. The molecule has 0 unspecified atom stereocenters. The molecular weight excluding hydrogens is 342 g/mol. The lowest BCUT2D eigenvalue weighted by molar-refractivity contribution is -0.0156. The quantitative estimate of drug-likeness (QED) is 0.600. The highest BCUT2D eigenvalue weighted by Crippen LogP contribution is 2.32. The number of rotatable bonds is 4. The summed E-state index contributed by atoms with van der Waals surface area (Å²) in [6, 6.07) is 9.95. The first kappa shape index (κ1) is 16.0. The maximum Gasteiger partial charge on any atom is 0.147 e. The van der Waals surface area contributed by atoms with Gasteiger partial charge in [-0.05, 0) is 42.5 Å². The molecule has 1 aromatic carbocycles. The molecule has 136 valence electrons. The van der Waals surface area contributed by atoms with E-state index < -0.39 is 0 Å². The molecule has 1 aliphatic heterocycles. The molecule has 0 aliphatic carbocycles. The predicted octanol–water partition coefficient (Wildman–Crippen LogP) is 3.32. The zero-order valence-electron chi connectivity index (χ0n) is 14.7. The van der Waals surface area contributed by atoms with E-state index in [0.29, 0.717) is 12.4 Å². The van der Waals surface area contributed by atoms with Crippen molar-refractivity contribution in [2.45, 2.75) is 25.2 Å². The topological polar surface area (TPSA) is 88.1 Å². The van der Waals surface area contributed by atoms with Crippen molar-refractivity contribution < 1.29 is 9.47 Å². The van der Waals surface area contributed by atoms with E-state index in [4.69, 9.17) is 15.2 Å². The van der Waals surface area contributed by atoms with Crippen molar-refractivity contribution in [3.63, 3.8) is 0 Å². The van der Waals surface area contributed by atoms with E-state index in [1.165, 1.54) is 6.33 Å².